The van der Waals surface area contributed by atoms with E-state index in [0.29, 0.717) is 11.3 Å². The van der Waals surface area contributed by atoms with Gasteiger partial charge < -0.3 is 10.3 Å². The molecule has 9 nitrogen and oxygen atoms in total. The third-order valence-corrected chi connectivity index (χ3v) is 6.74. The van der Waals surface area contributed by atoms with Crippen LogP contribution in [-0.4, -0.2) is 32.8 Å². The van der Waals surface area contributed by atoms with E-state index in [1.807, 2.05) is 12.1 Å². The summed E-state index contributed by atoms with van der Waals surface area (Å²) in [4.78, 5) is 62.0. The second-order valence-electron chi connectivity index (χ2n) is 10.5. The first kappa shape index (κ1) is 26.1. The number of hydrogen-bond donors (Lipinski definition) is 3. The summed E-state index contributed by atoms with van der Waals surface area (Å²) in [7, 11) is 0. The molecule has 0 aliphatic heterocycles. The van der Waals surface area contributed by atoms with E-state index in [1.54, 1.807) is 36.7 Å². The number of aromatic amines is 2. The number of H-pyrrole nitrogens is 2. The van der Waals surface area contributed by atoms with Crippen molar-refractivity contribution in [1.82, 2.24) is 20.3 Å². The zero-order valence-corrected chi connectivity index (χ0v) is 21.4. The smallest absolute Gasteiger partial charge is 0.325 e. The fourth-order valence-electron chi connectivity index (χ4n) is 4.69. The van der Waals surface area contributed by atoms with Crippen LogP contribution in [0.1, 0.15) is 80.4 Å². The fourth-order valence-corrected chi connectivity index (χ4v) is 4.69. The van der Waals surface area contributed by atoms with Gasteiger partial charge in [-0.2, -0.15) is 0 Å². The van der Waals surface area contributed by atoms with Crippen LogP contribution >= 0.6 is 0 Å². The molecule has 0 saturated heterocycles. The molecule has 9 heteroatoms. The molecular formula is C28H33N5O4. The average Bonchev–Trinajstić information content (AvgIpc) is 2.87. The molecule has 1 aliphatic carbocycles. The lowest BCUT2D eigenvalue weighted by atomic mass is 9.87. The van der Waals surface area contributed by atoms with Crippen molar-refractivity contribution in [1.29, 1.82) is 0 Å². The van der Waals surface area contributed by atoms with Gasteiger partial charge in [0, 0.05) is 35.9 Å². The van der Waals surface area contributed by atoms with Gasteiger partial charge in [0.1, 0.15) is 11.6 Å². The first-order chi connectivity index (χ1) is 17.6. The minimum absolute atomic E-state index is 0.0112. The van der Waals surface area contributed by atoms with Gasteiger partial charge in [0.05, 0.1) is 0 Å². The molecule has 0 bridgehead atoms. The summed E-state index contributed by atoms with van der Waals surface area (Å²) in [6.07, 6.45) is 9.18. The predicted octanol–water partition coefficient (Wildman–Crippen LogP) is 3.59. The molecule has 0 radical (unpaired) electrons. The molecule has 3 N–H and O–H groups in total. The summed E-state index contributed by atoms with van der Waals surface area (Å²) in [5, 5.41) is 3.13. The molecule has 2 aromatic heterocycles. The topological polar surface area (TPSA) is 128 Å². The Morgan fingerprint density at radius 2 is 1.76 bits per heavy atom. The maximum absolute atomic E-state index is 14.0. The van der Waals surface area contributed by atoms with Crippen molar-refractivity contribution in [2.45, 2.75) is 70.4 Å². The number of pyridine rings is 1. The van der Waals surface area contributed by atoms with E-state index >= 15 is 0 Å². The van der Waals surface area contributed by atoms with E-state index in [2.05, 4.69) is 41.0 Å². The Balaban J connectivity index is 1.84. The summed E-state index contributed by atoms with van der Waals surface area (Å²) in [5.74, 6) is -1.07. The highest BCUT2D eigenvalue weighted by Crippen LogP contribution is 2.32. The number of benzene rings is 1. The van der Waals surface area contributed by atoms with Crippen LogP contribution in [0.5, 0.6) is 0 Å². The van der Waals surface area contributed by atoms with Crippen LogP contribution in [-0.2, 0) is 10.2 Å². The summed E-state index contributed by atoms with van der Waals surface area (Å²) in [6, 6.07) is 9.73. The normalized spacial score (nSPS) is 15.1. The molecule has 2 amide bonds. The molecule has 4 rings (SSSR count). The minimum Gasteiger partial charge on any atom is -0.351 e. The van der Waals surface area contributed by atoms with Crippen molar-refractivity contribution in [2.75, 3.05) is 4.90 Å². The van der Waals surface area contributed by atoms with Gasteiger partial charge in [0.25, 0.3) is 11.5 Å². The number of amides is 2. The average molecular weight is 504 g/mol. The van der Waals surface area contributed by atoms with Crippen molar-refractivity contribution in [3.8, 4) is 0 Å². The Morgan fingerprint density at radius 1 is 1.05 bits per heavy atom. The number of aromatic nitrogens is 3. The first-order valence-electron chi connectivity index (χ1n) is 12.6. The van der Waals surface area contributed by atoms with E-state index in [4.69, 9.17) is 0 Å². The van der Waals surface area contributed by atoms with Gasteiger partial charge in [0.15, 0.2) is 0 Å². The molecule has 1 saturated carbocycles. The molecule has 0 spiro atoms. The summed E-state index contributed by atoms with van der Waals surface area (Å²) in [5.41, 5.74) is 0.0455. The van der Waals surface area contributed by atoms with E-state index < -0.39 is 23.2 Å². The molecule has 3 aromatic rings. The molecule has 194 valence electrons. The van der Waals surface area contributed by atoms with Gasteiger partial charge in [-0.25, -0.2) is 4.79 Å². The lowest BCUT2D eigenvalue weighted by Gasteiger charge is -2.33. The van der Waals surface area contributed by atoms with Crippen LogP contribution in [0.2, 0.25) is 0 Å². The Hall–Kier alpha value is -4.01. The van der Waals surface area contributed by atoms with Crippen molar-refractivity contribution in [2.24, 2.45) is 0 Å². The van der Waals surface area contributed by atoms with E-state index in [9.17, 15) is 19.2 Å². The highest BCUT2D eigenvalue weighted by atomic mass is 16.2. The number of nitrogens with one attached hydrogen (secondary N) is 3. The Labute approximate surface area is 215 Å². The summed E-state index contributed by atoms with van der Waals surface area (Å²) in [6.45, 7) is 6.25. The Morgan fingerprint density at radius 3 is 2.35 bits per heavy atom. The number of anilines is 1. The second-order valence-corrected chi connectivity index (χ2v) is 10.5. The van der Waals surface area contributed by atoms with Crippen LogP contribution < -0.4 is 21.5 Å². The van der Waals surface area contributed by atoms with E-state index in [0.717, 1.165) is 43.9 Å². The number of carbonyl (C=O) groups excluding carboxylic acids is 2. The molecule has 1 aromatic carbocycles. The fraction of sp³-hybridized carbons (Fsp3) is 0.393. The number of nitrogens with zero attached hydrogens (tertiary/aromatic N) is 2. The van der Waals surface area contributed by atoms with Gasteiger partial charge in [0.2, 0.25) is 5.91 Å². The standard InChI is InChI=1S/C28H33N5O4/c1-28(2,3)19-11-13-21(14-12-19)33(26(36)22-17-30-27(37)32-24(22)34)23(18-8-7-15-29-16-18)25(35)31-20-9-5-4-6-10-20/h7-8,11-17,20,23H,4-6,9-10H2,1-3H3,(H,31,35)(H2,30,32,34,37)/t23-/m0/s1. The summed E-state index contributed by atoms with van der Waals surface area (Å²) < 4.78 is 0. The number of rotatable bonds is 6. The molecule has 0 unspecified atom stereocenters. The van der Waals surface area contributed by atoms with E-state index in [1.165, 1.54) is 4.90 Å². The Bertz CT molecular complexity index is 1350. The van der Waals surface area contributed by atoms with Gasteiger partial charge in [-0.1, -0.05) is 58.2 Å². The van der Waals surface area contributed by atoms with E-state index in [-0.39, 0.29) is 22.9 Å². The maximum atomic E-state index is 14.0. The van der Waals surface area contributed by atoms with Crippen molar-refractivity contribution >= 4 is 17.5 Å². The largest absolute Gasteiger partial charge is 0.351 e. The summed E-state index contributed by atoms with van der Waals surface area (Å²) >= 11 is 0. The highest BCUT2D eigenvalue weighted by Gasteiger charge is 2.36. The monoisotopic (exact) mass is 503 g/mol. The second kappa shape index (κ2) is 10.9. The minimum atomic E-state index is -1.09. The maximum Gasteiger partial charge on any atom is 0.325 e. The lowest BCUT2D eigenvalue weighted by molar-refractivity contribution is -0.123. The predicted molar refractivity (Wildman–Crippen MR) is 142 cm³/mol. The molecule has 2 heterocycles. The highest BCUT2D eigenvalue weighted by molar-refractivity contribution is 6.09. The SMILES string of the molecule is CC(C)(C)c1ccc(N(C(=O)c2c[nH]c(=O)[nH]c2=O)[C@H](C(=O)NC2CCCCC2)c2cccnc2)cc1. The molecular weight excluding hydrogens is 470 g/mol. The van der Waals surface area contributed by atoms with Crippen molar-refractivity contribution < 1.29 is 9.59 Å². The van der Waals surface area contributed by atoms with Crippen molar-refractivity contribution in [3.63, 3.8) is 0 Å². The van der Waals surface area contributed by atoms with Crippen LogP contribution in [0, 0.1) is 0 Å². The van der Waals surface area contributed by atoms with Gasteiger partial charge in [-0.3, -0.25) is 29.3 Å². The molecule has 1 atom stereocenters. The number of hydrogen-bond acceptors (Lipinski definition) is 5. The van der Waals surface area contributed by atoms with Crippen LogP contribution in [0.15, 0.2) is 64.6 Å². The zero-order valence-electron chi connectivity index (χ0n) is 21.4. The quantitative estimate of drug-likeness (QED) is 0.474. The third kappa shape index (κ3) is 6.04. The Kier molecular flexibility index (Phi) is 7.71. The van der Waals surface area contributed by atoms with Crippen molar-refractivity contribution in [3.05, 3.63) is 92.5 Å². The molecule has 1 fully saturated rings. The van der Waals surface area contributed by atoms with Crippen LogP contribution in [0.3, 0.4) is 0 Å². The molecule has 1 aliphatic rings. The van der Waals surface area contributed by atoms with Gasteiger partial charge in [-0.15, -0.1) is 0 Å². The van der Waals surface area contributed by atoms with Gasteiger partial charge in [-0.05, 0) is 42.0 Å². The van der Waals surface area contributed by atoms with Crippen LogP contribution in [0.4, 0.5) is 5.69 Å². The third-order valence-electron chi connectivity index (χ3n) is 6.74. The van der Waals surface area contributed by atoms with Crippen LogP contribution in [0.25, 0.3) is 0 Å². The number of carbonyl (C=O) groups is 2. The molecule has 37 heavy (non-hydrogen) atoms. The zero-order chi connectivity index (χ0) is 26.6. The van der Waals surface area contributed by atoms with Gasteiger partial charge >= 0.3 is 5.69 Å². The first-order valence-corrected chi connectivity index (χ1v) is 12.6. The lowest BCUT2D eigenvalue weighted by Crippen LogP contribution is -2.48.